The Balaban J connectivity index is 1.60. The molecule has 4 rings (SSSR count). The van der Waals surface area contributed by atoms with E-state index >= 15 is 0 Å². The van der Waals surface area contributed by atoms with Crippen molar-refractivity contribution in [3.8, 4) is 22.4 Å². The summed E-state index contributed by atoms with van der Waals surface area (Å²) in [7, 11) is 0. The van der Waals surface area contributed by atoms with E-state index in [4.69, 9.17) is 0 Å². The van der Waals surface area contributed by atoms with Crippen LogP contribution >= 0.6 is 0 Å². The third-order valence-electron chi connectivity index (χ3n) is 5.08. The highest BCUT2D eigenvalue weighted by atomic mass is 16.2. The highest BCUT2D eigenvalue weighted by Crippen LogP contribution is 2.37. The van der Waals surface area contributed by atoms with Gasteiger partial charge in [-0.25, -0.2) is 0 Å². The van der Waals surface area contributed by atoms with E-state index in [1.54, 1.807) is 12.4 Å². The van der Waals surface area contributed by atoms with E-state index in [2.05, 4.69) is 33.4 Å². The van der Waals surface area contributed by atoms with Gasteiger partial charge in [0.1, 0.15) is 0 Å². The van der Waals surface area contributed by atoms with Crippen molar-refractivity contribution in [2.45, 2.75) is 26.8 Å². The molecular formula is C21H23N5O. The summed E-state index contributed by atoms with van der Waals surface area (Å²) in [6.45, 7) is 5.26. The van der Waals surface area contributed by atoms with Crippen LogP contribution in [0.5, 0.6) is 0 Å². The normalized spacial score (nSPS) is 18.3. The van der Waals surface area contributed by atoms with Gasteiger partial charge < -0.3 is 5.32 Å². The lowest BCUT2D eigenvalue weighted by Crippen LogP contribution is -2.29. The molecule has 3 aromatic rings. The third-order valence-corrected chi connectivity index (χ3v) is 5.08. The standard InChI is InChI=1S/C21H23N5O/c1-14-11-18(14)21(27)23-9-10-26-20(17-4-3-15(2)24-12-17)19(13-25-26)16-5-7-22-8-6-16/h3-8,12-14,18H,9-11H2,1-2H3,(H,23,27). The van der Waals surface area contributed by atoms with E-state index in [0.29, 0.717) is 19.0 Å². The molecule has 0 aromatic carbocycles. The number of carbonyl (C=O) groups is 1. The molecule has 0 radical (unpaired) electrons. The van der Waals surface area contributed by atoms with Crippen LogP contribution in [0.15, 0.2) is 49.1 Å². The molecule has 2 atom stereocenters. The molecule has 1 amide bonds. The Hall–Kier alpha value is -3.02. The fourth-order valence-corrected chi connectivity index (χ4v) is 3.31. The first-order valence-corrected chi connectivity index (χ1v) is 9.30. The number of pyridine rings is 2. The summed E-state index contributed by atoms with van der Waals surface area (Å²) in [6, 6.07) is 8.01. The maximum absolute atomic E-state index is 12.1. The first-order chi connectivity index (χ1) is 13.1. The molecule has 3 heterocycles. The van der Waals surface area contributed by atoms with Gasteiger partial charge in [-0.1, -0.05) is 6.92 Å². The van der Waals surface area contributed by atoms with Crippen LogP contribution in [0, 0.1) is 18.8 Å². The average molecular weight is 361 g/mol. The van der Waals surface area contributed by atoms with Crippen molar-refractivity contribution in [3.05, 3.63) is 54.7 Å². The van der Waals surface area contributed by atoms with Crippen LogP contribution < -0.4 is 5.32 Å². The Kier molecular flexibility index (Phi) is 4.71. The van der Waals surface area contributed by atoms with Gasteiger partial charge in [0.05, 0.1) is 18.4 Å². The van der Waals surface area contributed by atoms with Crippen LogP contribution in [-0.2, 0) is 11.3 Å². The molecule has 1 N–H and O–H groups in total. The number of carbonyl (C=O) groups excluding carboxylic acids is 1. The lowest BCUT2D eigenvalue weighted by atomic mass is 10.0. The number of nitrogens with zero attached hydrogens (tertiary/aromatic N) is 4. The van der Waals surface area contributed by atoms with Gasteiger partial charge in [0, 0.05) is 47.9 Å². The van der Waals surface area contributed by atoms with Gasteiger partial charge in [-0.2, -0.15) is 5.10 Å². The van der Waals surface area contributed by atoms with E-state index in [1.165, 1.54) is 0 Å². The third kappa shape index (κ3) is 3.74. The Bertz CT molecular complexity index is 933. The SMILES string of the molecule is Cc1ccc(-c2c(-c3ccncc3)cnn2CCNC(=O)C2CC2C)cn1. The lowest BCUT2D eigenvalue weighted by molar-refractivity contribution is -0.122. The molecule has 1 fully saturated rings. The first kappa shape index (κ1) is 17.4. The Labute approximate surface area is 158 Å². The van der Waals surface area contributed by atoms with Crippen LogP contribution in [0.25, 0.3) is 22.4 Å². The van der Waals surface area contributed by atoms with Crippen LogP contribution in [0.3, 0.4) is 0 Å². The number of aryl methyl sites for hydroxylation is 1. The van der Waals surface area contributed by atoms with Crippen molar-refractivity contribution in [2.24, 2.45) is 11.8 Å². The fraction of sp³-hybridized carbons (Fsp3) is 0.333. The summed E-state index contributed by atoms with van der Waals surface area (Å²) >= 11 is 0. The summed E-state index contributed by atoms with van der Waals surface area (Å²) in [6.07, 6.45) is 8.30. The predicted molar refractivity (Wildman–Crippen MR) is 104 cm³/mol. The van der Waals surface area contributed by atoms with Crippen molar-refractivity contribution in [2.75, 3.05) is 6.54 Å². The quantitative estimate of drug-likeness (QED) is 0.732. The van der Waals surface area contributed by atoms with Crippen LogP contribution in [0.1, 0.15) is 19.0 Å². The smallest absolute Gasteiger partial charge is 0.223 e. The molecule has 0 saturated heterocycles. The van der Waals surface area contributed by atoms with Gasteiger partial charge in [-0.15, -0.1) is 0 Å². The molecule has 0 bridgehead atoms. The molecule has 3 aromatic heterocycles. The molecule has 6 heteroatoms. The molecule has 1 aliphatic rings. The van der Waals surface area contributed by atoms with Crippen molar-refractivity contribution in [3.63, 3.8) is 0 Å². The molecule has 1 aliphatic carbocycles. The van der Waals surface area contributed by atoms with E-state index in [9.17, 15) is 4.79 Å². The molecule has 27 heavy (non-hydrogen) atoms. The largest absolute Gasteiger partial charge is 0.354 e. The predicted octanol–water partition coefficient (Wildman–Crippen LogP) is 3.09. The zero-order valence-corrected chi connectivity index (χ0v) is 15.6. The number of aromatic nitrogens is 4. The van der Waals surface area contributed by atoms with Crippen molar-refractivity contribution >= 4 is 5.91 Å². The summed E-state index contributed by atoms with van der Waals surface area (Å²) in [5.74, 6) is 0.862. The fourth-order valence-electron chi connectivity index (χ4n) is 3.31. The van der Waals surface area contributed by atoms with Gasteiger partial charge in [0.15, 0.2) is 0 Å². The molecule has 1 saturated carbocycles. The second-order valence-corrected chi connectivity index (χ2v) is 7.16. The summed E-state index contributed by atoms with van der Waals surface area (Å²) in [5.41, 5.74) is 5.07. The summed E-state index contributed by atoms with van der Waals surface area (Å²) in [4.78, 5) is 20.6. The molecule has 2 unspecified atom stereocenters. The maximum atomic E-state index is 12.1. The van der Waals surface area contributed by atoms with Crippen molar-refractivity contribution < 1.29 is 4.79 Å². The van der Waals surface area contributed by atoms with E-state index in [-0.39, 0.29) is 11.8 Å². The monoisotopic (exact) mass is 361 g/mol. The Morgan fingerprint density at radius 1 is 1.19 bits per heavy atom. The maximum Gasteiger partial charge on any atom is 0.223 e. The Morgan fingerprint density at radius 2 is 1.96 bits per heavy atom. The topological polar surface area (TPSA) is 72.7 Å². The number of hydrogen-bond donors (Lipinski definition) is 1. The average Bonchev–Trinajstić information content (AvgIpc) is 3.27. The number of rotatable bonds is 6. The minimum Gasteiger partial charge on any atom is -0.354 e. The van der Waals surface area contributed by atoms with E-state index in [1.807, 2.05) is 42.2 Å². The zero-order chi connectivity index (χ0) is 18.8. The highest BCUT2D eigenvalue weighted by Gasteiger charge is 2.38. The van der Waals surface area contributed by atoms with E-state index in [0.717, 1.165) is 34.5 Å². The zero-order valence-electron chi connectivity index (χ0n) is 15.6. The van der Waals surface area contributed by atoms with Gasteiger partial charge >= 0.3 is 0 Å². The number of amides is 1. The van der Waals surface area contributed by atoms with Gasteiger partial charge in [-0.3, -0.25) is 19.4 Å². The highest BCUT2D eigenvalue weighted by molar-refractivity contribution is 5.81. The van der Waals surface area contributed by atoms with Gasteiger partial charge in [0.2, 0.25) is 5.91 Å². The number of nitrogens with one attached hydrogen (secondary N) is 1. The van der Waals surface area contributed by atoms with Crippen molar-refractivity contribution in [1.82, 2.24) is 25.1 Å². The minimum atomic E-state index is 0.155. The first-order valence-electron chi connectivity index (χ1n) is 9.30. The van der Waals surface area contributed by atoms with Crippen molar-refractivity contribution in [1.29, 1.82) is 0 Å². The Morgan fingerprint density at radius 3 is 2.63 bits per heavy atom. The number of hydrogen-bond acceptors (Lipinski definition) is 4. The summed E-state index contributed by atoms with van der Waals surface area (Å²) in [5, 5.41) is 7.62. The van der Waals surface area contributed by atoms with Gasteiger partial charge in [0.25, 0.3) is 0 Å². The lowest BCUT2D eigenvalue weighted by Gasteiger charge is -2.11. The van der Waals surface area contributed by atoms with E-state index < -0.39 is 0 Å². The summed E-state index contributed by atoms with van der Waals surface area (Å²) < 4.78 is 1.94. The second kappa shape index (κ2) is 7.31. The molecule has 6 nitrogen and oxygen atoms in total. The van der Waals surface area contributed by atoms with Crippen LogP contribution in [-0.4, -0.2) is 32.2 Å². The molecular weight excluding hydrogens is 338 g/mol. The second-order valence-electron chi connectivity index (χ2n) is 7.16. The minimum absolute atomic E-state index is 0.155. The van der Waals surface area contributed by atoms with Gasteiger partial charge in [-0.05, 0) is 49.1 Å². The molecule has 0 spiro atoms. The molecule has 0 aliphatic heterocycles. The van der Waals surface area contributed by atoms with Crippen LogP contribution in [0.4, 0.5) is 0 Å². The molecule has 138 valence electrons. The van der Waals surface area contributed by atoms with Crippen LogP contribution in [0.2, 0.25) is 0 Å².